The van der Waals surface area contributed by atoms with Gasteiger partial charge in [-0.2, -0.15) is 0 Å². The zero-order valence-electron chi connectivity index (χ0n) is 13.5. The number of aromatic nitrogens is 1. The van der Waals surface area contributed by atoms with Crippen LogP contribution in [-0.4, -0.2) is 41.5 Å². The molecule has 0 saturated carbocycles. The number of benzene rings is 1. The normalized spacial score (nSPS) is 17.8. The molecular formula is C17H20FN3O3. The molecule has 0 radical (unpaired) electrons. The number of hydrogen-bond acceptors (Lipinski definition) is 5. The third-order valence-electron chi connectivity index (χ3n) is 3.96. The maximum absolute atomic E-state index is 13.1. The van der Waals surface area contributed by atoms with Crippen molar-refractivity contribution in [2.24, 2.45) is 0 Å². The third kappa shape index (κ3) is 3.91. The molecule has 2 aromatic rings. The van der Waals surface area contributed by atoms with Crippen LogP contribution < -0.4 is 10.1 Å². The molecule has 1 amide bonds. The first-order valence-corrected chi connectivity index (χ1v) is 8.01. The highest BCUT2D eigenvalue weighted by Gasteiger charge is 2.25. The fourth-order valence-corrected chi connectivity index (χ4v) is 2.62. The maximum atomic E-state index is 13.1. The van der Waals surface area contributed by atoms with Crippen molar-refractivity contribution in [1.82, 2.24) is 15.2 Å². The predicted molar refractivity (Wildman–Crippen MR) is 85.2 cm³/mol. The Balaban J connectivity index is 1.59. The van der Waals surface area contributed by atoms with Crippen LogP contribution in [-0.2, 0) is 6.61 Å². The van der Waals surface area contributed by atoms with E-state index in [4.69, 9.17) is 9.15 Å². The first-order chi connectivity index (χ1) is 11.7. The summed E-state index contributed by atoms with van der Waals surface area (Å²) in [5.74, 6) is 0.148. The lowest BCUT2D eigenvalue weighted by molar-refractivity contribution is 0.0695. The van der Waals surface area contributed by atoms with Crippen molar-refractivity contribution in [1.29, 1.82) is 0 Å². The Morgan fingerprint density at radius 2 is 2.42 bits per heavy atom. The molecule has 3 rings (SSSR count). The molecular weight excluding hydrogens is 313 g/mol. The van der Waals surface area contributed by atoms with Gasteiger partial charge in [0.2, 0.25) is 5.89 Å². The van der Waals surface area contributed by atoms with Gasteiger partial charge < -0.3 is 19.4 Å². The van der Waals surface area contributed by atoms with Crippen LogP contribution in [0.5, 0.6) is 5.75 Å². The Kier molecular flexibility index (Phi) is 5.10. The van der Waals surface area contributed by atoms with Crippen molar-refractivity contribution in [3.63, 3.8) is 0 Å². The van der Waals surface area contributed by atoms with Crippen molar-refractivity contribution >= 4 is 5.91 Å². The fourth-order valence-electron chi connectivity index (χ4n) is 2.62. The molecule has 0 aliphatic carbocycles. The van der Waals surface area contributed by atoms with Crippen molar-refractivity contribution in [2.75, 3.05) is 19.6 Å². The van der Waals surface area contributed by atoms with E-state index in [2.05, 4.69) is 17.2 Å². The largest absolute Gasteiger partial charge is 0.484 e. The number of hydrogen-bond donors (Lipinski definition) is 1. The van der Waals surface area contributed by atoms with Crippen LogP contribution in [0.4, 0.5) is 4.39 Å². The molecule has 1 aromatic heterocycles. The number of carbonyl (C=O) groups excluding carboxylic acids is 1. The van der Waals surface area contributed by atoms with Crippen molar-refractivity contribution in [3.05, 3.63) is 47.9 Å². The van der Waals surface area contributed by atoms with E-state index in [0.717, 1.165) is 13.0 Å². The molecule has 1 aromatic carbocycles. The third-order valence-corrected chi connectivity index (χ3v) is 3.96. The fraction of sp³-hybridized carbons (Fsp3) is 0.412. The van der Waals surface area contributed by atoms with Crippen LogP contribution in [0, 0.1) is 5.82 Å². The standard InChI is InChI=1S/C17H20FN3O3/c1-2-13-9-21(7-6-19-13)17(22)15-10-24-16(20-15)11-23-14-5-3-4-12(18)8-14/h3-5,8,10,13,19H,2,6-7,9,11H2,1H3/t13-/m0/s1. The van der Waals surface area contributed by atoms with E-state index in [1.807, 2.05) is 0 Å². The van der Waals surface area contributed by atoms with Gasteiger partial charge in [0.25, 0.3) is 5.91 Å². The molecule has 7 heteroatoms. The topological polar surface area (TPSA) is 67.6 Å². The summed E-state index contributed by atoms with van der Waals surface area (Å²) in [6, 6.07) is 6.13. The van der Waals surface area contributed by atoms with Crippen molar-refractivity contribution in [2.45, 2.75) is 26.0 Å². The molecule has 6 nitrogen and oxygen atoms in total. The maximum Gasteiger partial charge on any atom is 0.275 e. The number of oxazole rings is 1. The Hall–Kier alpha value is -2.41. The lowest BCUT2D eigenvalue weighted by Crippen LogP contribution is -2.52. The van der Waals surface area contributed by atoms with E-state index in [0.29, 0.717) is 24.9 Å². The van der Waals surface area contributed by atoms with Gasteiger partial charge in [-0.05, 0) is 18.6 Å². The molecule has 0 unspecified atom stereocenters. The van der Waals surface area contributed by atoms with Crippen molar-refractivity contribution in [3.8, 4) is 5.75 Å². The van der Waals surface area contributed by atoms with Gasteiger partial charge in [0.05, 0.1) is 0 Å². The lowest BCUT2D eigenvalue weighted by atomic mass is 10.1. The summed E-state index contributed by atoms with van der Waals surface area (Å²) in [5, 5.41) is 3.36. The predicted octanol–water partition coefficient (Wildman–Crippen LogP) is 2.22. The smallest absolute Gasteiger partial charge is 0.275 e. The molecule has 2 heterocycles. The second-order valence-corrected chi connectivity index (χ2v) is 5.68. The quantitative estimate of drug-likeness (QED) is 0.909. The van der Waals surface area contributed by atoms with E-state index >= 15 is 0 Å². The Labute approximate surface area is 139 Å². The lowest BCUT2D eigenvalue weighted by Gasteiger charge is -2.32. The summed E-state index contributed by atoms with van der Waals surface area (Å²) in [6.07, 6.45) is 2.31. The van der Waals surface area contributed by atoms with Gasteiger partial charge in [0.15, 0.2) is 12.3 Å². The summed E-state index contributed by atoms with van der Waals surface area (Å²) in [5.41, 5.74) is 0.268. The monoisotopic (exact) mass is 333 g/mol. The zero-order valence-corrected chi connectivity index (χ0v) is 13.5. The first-order valence-electron chi connectivity index (χ1n) is 8.01. The van der Waals surface area contributed by atoms with Gasteiger partial charge in [-0.3, -0.25) is 4.79 Å². The van der Waals surface area contributed by atoms with E-state index in [9.17, 15) is 9.18 Å². The van der Waals surface area contributed by atoms with Crippen LogP contribution in [0.1, 0.15) is 29.7 Å². The average molecular weight is 333 g/mol. The van der Waals surface area contributed by atoms with Gasteiger partial charge in [-0.1, -0.05) is 13.0 Å². The second-order valence-electron chi connectivity index (χ2n) is 5.68. The SMILES string of the molecule is CC[C@H]1CN(C(=O)c2coc(COc3cccc(F)c3)n2)CCN1. The van der Waals surface area contributed by atoms with E-state index < -0.39 is 0 Å². The van der Waals surface area contributed by atoms with Gasteiger partial charge in [-0.25, -0.2) is 9.37 Å². The highest BCUT2D eigenvalue weighted by atomic mass is 19.1. The molecule has 1 atom stereocenters. The Bertz CT molecular complexity index is 704. The highest BCUT2D eigenvalue weighted by Crippen LogP contribution is 2.15. The van der Waals surface area contributed by atoms with Gasteiger partial charge >= 0.3 is 0 Å². The number of carbonyl (C=O) groups is 1. The number of halogens is 1. The minimum Gasteiger partial charge on any atom is -0.484 e. The zero-order chi connectivity index (χ0) is 16.9. The van der Waals surface area contributed by atoms with E-state index in [1.54, 1.807) is 17.0 Å². The van der Waals surface area contributed by atoms with Crippen LogP contribution in [0.3, 0.4) is 0 Å². The molecule has 0 bridgehead atoms. The Morgan fingerprint density at radius 3 is 3.21 bits per heavy atom. The first kappa shape index (κ1) is 16.4. The Morgan fingerprint density at radius 1 is 1.54 bits per heavy atom. The minimum absolute atomic E-state index is 0.0376. The summed E-state index contributed by atoms with van der Waals surface area (Å²) >= 11 is 0. The minimum atomic E-state index is -0.375. The van der Waals surface area contributed by atoms with Crippen LogP contribution >= 0.6 is 0 Å². The summed E-state index contributed by atoms with van der Waals surface area (Å²) in [4.78, 5) is 18.4. The van der Waals surface area contributed by atoms with E-state index in [-0.39, 0.29) is 29.9 Å². The highest BCUT2D eigenvalue weighted by molar-refractivity contribution is 5.92. The van der Waals surface area contributed by atoms with Gasteiger partial charge in [-0.15, -0.1) is 0 Å². The number of nitrogens with one attached hydrogen (secondary N) is 1. The molecule has 1 aliphatic rings. The van der Waals surface area contributed by atoms with Crippen molar-refractivity contribution < 1.29 is 18.3 Å². The number of piperazine rings is 1. The molecule has 1 N–H and O–H groups in total. The van der Waals surface area contributed by atoms with Crippen LogP contribution in [0.2, 0.25) is 0 Å². The number of amides is 1. The van der Waals surface area contributed by atoms with Gasteiger partial charge in [0, 0.05) is 31.7 Å². The van der Waals surface area contributed by atoms with Crippen LogP contribution in [0.15, 0.2) is 34.9 Å². The number of rotatable bonds is 5. The molecule has 1 saturated heterocycles. The number of nitrogens with zero attached hydrogens (tertiary/aromatic N) is 2. The van der Waals surface area contributed by atoms with Gasteiger partial charge in [0.1, 0.15) is 17.8 Å². The summed E-state index contributed by atoms with van der Waals surface area (Å²) in [6.45, 7) is 4.21. The molecule has 128 valence electrons. The summed E-state index contributed by atoms with van der Waals surface area (Å²) in [7, 11) is 0. The second kappa shape index (κ2) is 7.44. The molecule has 1 fully saturated rings. The van der Waals surface area contributed by atoms with E-state index in [1.165, 1.54) is 18.4 Å². The molecule has 24 heavy (non-hydrogen) atoms. The van der Waals surface area contributed by atoms with Crippen LogP contribution in [0.25, 0.3) is 0 Å². The molecule has 1 aliphatic heterocycles. The molecule has 0 spiro atoms. The number of ether oxygens (including phenoxy) is 1. The average Bonchev–Trinajstić information content (AvgIpc) is 3.08. The summed E-state index contributed by atoms with van der Waals surface area (Å²) < 4.78 is 23.8.